The summed E-state index contributed by atoms with van der Waals surface area (Å²) in [6.45, 7) is 1.90. The van der Waals surface area contributed by atoms with Crippen LogP contribution in [0, 0.1) is 6.92 Å². The molecule has 0 saturated heterocycles. The Hall–Kier alpha value is -2.49. The van der Waals surface area contributed by atoms with Crippen LogP contribution in [-0.2, 0) is 0 Å². The van der Waals surface area contributed by atoms with Gasteiger partial charge in [-0.15, -0.1) is 0 Å². The van der Waals surface area contributed by atoms with Crippen molar-refractivity contribution in [2.24, 2.45) is 0 Å². The van der Waals surface area contributed by atoms with E-state index in [0.717, 1.165) is 11.3 Å². The molecule has 0 saturated carbocycles. The average Bonchev–Trinajstić information content (AvgIpc) is 2.33. The van der Waals surface area contributed by atoms with Crippen LogP contribution in [0.25, 0.3) is 0 Å². The van der Waals surface area contributed by atoms with E-state index in [1.54, 1.807) is 36.4 Å². The minimum atomic E-state index is -0.164. The fraction of sp³-hybridized carbons (Fsp3) is 0.0714. The van der Waals surface area contributed by atoms with E-state index in [2.05, 4.69) is 5.32 Å². The van der Waals surface area contributed by atoms with Gasteiger partial charge in [0.25, 0.3) is 5.91 Å². The van der Waals surface area contributed by atoms with Gasteiger partial charge in [-0.1, -0.05) is 0 Å². The van der Waals surface area contributed by atoms with Crippen LogP contribution < -0.4 is 16.8 Å². The van der Waals surface area contributed by atoms with Crippen molar-refractivity contribution in [2.75, 3.05) is 16.8 Å². The highest BCUT2D eigenvalue weighted by Gasteiger charge is 2.07. The number of rotatable bonds is 2. The molecule has 0 unspecified atom stereocenters. The summed E-state index contributed by atoms with van der Waals surface area (Å²) in [5.74, 6) is -0.164. The number of anilines is 3. The maximum Gasteiger partial charge on any atom is 0.255 e. The Balaban J connectivity index is 2.18. The number of hydrogen-bond acceptors (Lipinski definition) is 3. The van der Waals surface area contributed by atoms with Crippen LogP contribution in [0.4, 0.5) is 17.1 Å². The predicted molar refractivity (Wildman–Crippen MR) is 74.4 cm³/mol. The summed E-state index contributed by atoms with van der Waals surface area (Å²) in [6.07, 6.45) is 0. The molecule has 2 rings (SSSR count). The number of aryl methyl sites for hydroxylation is 1. The molecule has 0 aliphatic rings. The van der Waals surface area contributed by atoms with E-state index in [4.69, 9.17) is 11.5 Å². The molecule has 0 radical (unpaired) electrons. The molecule has 0 atom stereocenters. The first-order valence-electron chi connectivity index (χ1n) is 5.59. The van der Waals surface area contributed by atoms with Gasteiger partial charge in [0.05, 0.1) is 0 Å². The Bertz CT molecular complexity index is 576. The molecule has 2 aromatic carbocycles. The summed E-state index contributed by atoms with van der Waals surface area (Å²) in [7, 11) is 0. The Morgan fingerprint density at radius 2 is 1.61 bits per heavy atom. The highest BCUT2D eigenvalue weighted by Crippen LogP contribution is 2.18. The fourth-order valence-electron chi connectivity index (χ4n) is 1.66. The highest BCUT2D eigenvalue weighted by molar-refractivity contribution is 6.04. The van der Waals surface area contributed by atoms with Gasteiger partial charge >= 0.3 is 0 Å². The van der Waals surface area contributed by atoms with E-state index in [1.807, 2.05) is 13.0 Å². The molecule has 5 N–H and O–H groups in total. The number of benzene rings is 2. The van der Waals surface area contributed by atoms with Crippen LogP contribution in [0.5, 0.6) is 0 Å². The Labute approximate surface area is 106 Å². The van der Waals surface area contributed by atoms with Crippen molar-refractivity contribution in [1.29, 1.82) is 0 Å². The van der Waals surface area contributed by atoms with Crippen molar-refractivity contribution in [3.63, 3.8) is 0 Å². The molecule has 0 aliphatic carbocycles. The lowest BCUT2D eigenvalue weighted by molar-refractivity contribution is 0.102. The maximum atomic E-state index is 12.0. The summed E-state index contributed by atoms with van der Waals surface area (Å²) in [5, 5.41) is 2.84. The molecular weight excluding hydrogens is 226 g/mol. The van der Waals surface area contributed by atoms with Gasteiger partial charge in [-0.05, 0) is 55.0 Å². The first-order chi connectivity index (χ1) is 8.56. The van der Waals surface area contributed by atoms with Gasteiger partial charge in [0.15, 0.2) is 0 Å². The molecule has 0 aromatic heterocycles. The van der Waals surface area contributed by atoms with Gasteiger partial charge < -0.3 is 16.8 Å². The molecule has 18 heavy (non-hydrogen) atoms. The lowest BCUT2D eigenvalue weighted by Crippen LogP contribution is -2.12. The summed E-state index contributed by atoms with van der Waals surface area (Å²) in [4.78, 5) is 12.0. The van der Waals surface area contributed by atoms with Crippen molar-refractivity contribution in [3.05, 3.63) is 53.6 Å². The SMILES string of the molecule is Cc1cc(N)ccc1NC(=O)c1ccc(N)cc1. The van der Waals surface area contributed by atoms with Gasteiger partial charge in [0.1, 0.15) is 0 Å². The Morgan fingerprint density at radius 1 is 1.00 bits per heavy atom. The van der Waals surface area contributed by atoms with Gasteiger partial charge in [-0.3, -0.25) is 4.79 Å². The van der Waals surface area contributed by atoms with Gasteiger partial charge in [0, 0.05) is 22.6 Å². The van der Waals surface area contributed by atoms with E-state index < -0.39 is 0 Å². The Kier molecular flexibility index (Phi) is 3.19. The van der Waals surface area contributed by atoms with E-state index in [0.29, 0.717) is 16.9 Å². The van der Waals surface area contributed by atoms with Crippen molar-refractivity contribution in [2.45, 2.75) is 6.92 Å². The number of nitrogens with two attached hydrogens (primary N) is 2. The zero-order chi connectivity index (χ0) is 13.1. The third-order valence-corrected chi connectivity index (χ3v) is 2.67. The van der Waals surface area contributed by atoms with Crippen LogP contribution in [0.2, 0.25) is 0 Å². The zero-order valence-corrected chi connectivity index (χ0v) is 10.1. The first-order valence-corrected chi connectivity index (χ1v) is 5.59. The summed E-state index contributed by atoms with van der Waals surface area (Å²) < 4.78 is 0. The standard InChI is InChI=1S/C14H15N3O/c1-9-8-12(16)6-7-13(9)17-14(18)10-2-4-11(15)5-3-10/h2-8H,15-16H2,1H3,(H,17,18). The second-order valence-corrected chi connectivity index (χ2v) is 4.15. The minimum Gasteiger partial charge on any atom is -0.399 e. The molecule has 0 bridgehead atoms. The van der Waals surface area contributed by atoms with Crippen LogP contribution >= 0.6 is 0 Å². The van der Waals surface area contributed by atoms with Crippen LogP contribution in [0.3, 0.4) is 0 Å². The molecule has 0 heterocycles. The van der Waals surface area contributed by atoms with E-state index in [-0.39, 0.29) is 5.91 Å². The van der Waals surface area contributed by atoms with Crippen molar-refractivity contribution in [1.82, 2.24) is 0 Å². The maximum absolute atomic E-state index is 12.0. The van der Waals surface area contributed by atoms with E-state index in [9.17, 15) is 4.79 Å². The summed E-state index contributed by atoms with van der Waals surface area (Å²) in [5.41, 5.74) is 14.8. The molecule has 4 nitrogen and oxygen atoms in total. The Morgan fingerprint density at radius 3 is 2.22 bits per heavy atom. The van der Waals surface area contributed by atoms with Crippen molar-refractivity contribution >= 4 is 23.0 Å². The van der Waals surface area contributed by atoms with Gasteiger partial charge in [0.2, 0.25) is 0 Å². The van der Waals surface area contributed by atoms with Crippen molar-refractivity contribution in [3.8, 4) is 0 Å². The molecule has 0 fully saturated rings. The lowest BCUT2D eigenvalue weighted by Gasteiger charge is -2.09. The van der Waals surface area contributed by atoms with E-state index in [1.165, 1.54) is 0 Å². The molecule has 1 amide bonds. The fourth-order valence-corrected chi connectivity index (χ4v) is 1.66. The van der Waals surface area contributed by atoms with Crippen LogP contribution in [0.15, 0.2) is 42.5 Å². The quantitative estimate of drug-likeness (QED) is 0.706. The normalized spacial score (nSPS) is 10.1. The largest absolute Gasteiger partial charge is 0.399 e. The molecule has 92 valence electrons. The van der Waals surface area contributed by atoms with Crippen LogP contribution in [-0.4, -0.2) is 5.91 Å². The second kappa shape index (κ2) is 4.79. The van der Waals surface area contributed by atoms with Gasteiger partial charge in [-0.2, -0.15) is 0 Å². The lowest BCUT2D eigenvalue weighted by atomic mass is 10.1. The molecule has 0 aliphatic heterocycles. The number of hydrogen-bond donors (Lipinski definition) is 3. The second-order valence-electron chi connectivity index (χ2n) is 4.15. The van der Waals surface area contributed by atoms with Crippen LogP contribution in [0.1, 0.15) is 15.9 Å². The highest BCUT2D eigenvalue weighted by atomic mass is 16.1. The summed E-state index contributed by atoms with van der Waals surface area (Å²) >= 11 is 0. The molecule has 2 aromatic rings. The molecule has 0 spiro atoms. The van der Waals surface area contributed by atoms with E-state index >= 15 is 0 Å². The monoisotopic (exact) mass is 241 g/mol. The first kappa shape index (κ1) is 12.0. The smallest absolute Gasteiger partial charge is 0.255 e. The predicted octanol–water partition coefficient (Wildman–Crippen LogP) is 2.41. The minimum absolute atomic E-state index is 0.164. The summed E-state index contributed by atoms with van der Waals surface area (Å²) in [6, 6.07) is 12.1. The number of nitrogens with one attached hydrogen (secondary N) is 1. The topological polar surface area (TPSA) is 81.1 Å². The third kappa shape index (κ3) is 2.60. The number of nitrogen functional groups attached to an aromatic ring is 2. The van der Waals surface area contributed by atoms with Gasteiger partial charge in [-0.25, -0.2) is 0 Å². The van der Waals surface area contributed by atoms with Crippen molar-refractivity contribution < 1.29 is 4.79 Å². The number of carbonyl (C=O) groups excluding carboxylic acids is 1. The number of amides is 1. The molecule has 4 heteroatoms. The third-order valence-electron chi connectivity index (χ3n) is 2.67. The zero-order valence-electron chi connectivity index (χ0n) is 10.1. The number of carbonyl (C=O) groups is 1. The average molecular weight is 241 g/mol. The molecular formula is C14H15N3O.